The number of thioether (sulfide) groups is 1. The number of benzene rings is 1. The monoisotopic (exact) mass is 305 g/mol. The van der Waals surface area contributed by atoms with Gasteiger partial charge in [0.15, 0.2) is 0 Å². The van der Waals surface area contributed by atoms with Gasteiger partial charge in [-0.2, -0.15) is 0 Å². The van der Waals surface area contributed by atoms with Crippen molar-refractivity contribution in [2.24, 2.45) is 0 Å². The minimum atomic E-state index is 0.0656. The van der Waals surface area contributed by atoms with Gasteiger partial charge in [0.2, 0.25) is 0 Å². The molecule has 1 aliphatic heterocycles. The number of carbonyl (C=O) groups excluding carboxylic acids is 2. The highest BCUT2D eigenvalue weighted by atomic mass is 32.2. The van der Waals surface area contributed by atoms with Crippen molar-refractivity contribution in [3.05, 3.63) is 29.8 Å². The molecule has 0 radical (unpaired) electrons. The number of ketones is 1. The van der Waals surface area contributed by atoms with Crippen molar-refractivity contribution in [2.45, 2.75) is 50.0 Å². The van der Waals surface area contributed by atoms with E-state index in [-0.39, 0.29) is 17.7 Å². The zero-order valence-electron chi connectivity index (χ0n) is 12.8. The molecule has 0 saturated carbocycles. The SMILES string of the molecule is CSc1ccc(C(=O)N2CCCCCC2CC(C)=O)cc1. The van der Waals surface area contributed by atoms with E-state index in [4.69, 9.17) is 0 Å². The van der Waals surface area contributed by atoms with Crippen LogP contribution in [0, 0.1) is 0 Å². The van der Waals surface area contributed by atoms with Gasteiger partial charge in [-0.1, -0.05) is 12.8 Å². The van der Waals surface area contributed by atoms with Crippen LogP contribution in [0.15, 0.2) is 29.2 Å². The molecule has 1 heterocycles. The van der Waals surface area contributed by atoms with Gasteiger partial charge in [0, 0.05) is 29.5 Å². The Morgan fingerprint density at radius 1 is 1.19 bits per heavy atom. The van der Waals surface area contributed by atoms with E-state index >= 15 is 0 Å². The molecular weight excluding hydrogens is 282 g/mol. The third-order valence-electron chi connectivity index (χ3n) is 4.00. The number of Topliss-reactive ketones (excluding diaryl/α,β-unsaturated/α-hetero) is 1. The van der Waals surface area contributed by atoms with Crippen LogP contribution in [0.3, 0.4) is 0 Å². The minimum Gasteiger partial charge on any atom is -0.335 e. The van der Waals surface area contributed by atoms with Gasteiger partial charge >= 0.3 is 0 Å². The maximum Gasteiger partial charge on any atom is 0.254 e. The minimum absolute atomic E-state index is 0.0656. The zero-order chi connectivity index (χ0) is 15.2. The average molecular weight is 305 g/mol. The fourth-order valence-electron chi connectivity index (χ4n) is 2.89. The second-order valence-electron chi connectivity index (χ2n) is 5.64. The lowest BCUT2D eigenvalue weighted by molar-refractivity contribution is -0.118. The Morgan fingerprint density at radius 3 is 2.52 bits per heavy atom. The van der Waals surface area contributed by atoms with Crippen LogP contribution in [0.4, 0.5) is 0 Å². The topological polar surface area (TPSA) is 37.4 Å². The highest BCUT2D eigenvalue weighted by molar-refractivity contribution is 7.98. The first-order valence-corrected chi connectivity index (χ1v) is 8.78. The van der Waals surface area contributed by atoms with Gasteiger partial charge in [0.05, 0.1) is 0 Å². The molecule has 1 unspecified atom stereocenters. The number of likely N-dealkylation sites (tertiary alicyclic amines) is 1. The van der Waals surface area contributed by atoms with Gasteiger partial charge in [0.25, 0.3) is 5.91 Å². The molecule has 2 rings (SSSR count). The largest absolute Gasteiger partial charge is 0.335 e. The smallest absolute Gasteiger partial charge is 0.254 e. The van der Waals surface area contributed by atoms with E-state index in [1.54, 1.807) is 18.7 Å². The van der Waals surface area contributed by atoms with Gasteiger partial charge in [-0.25, -0.2) is 0 Å². The molecule has 4 heteroatoms. The van der Waals surface area contributed by atoms with Gasteiger partial charge in [-0.3, -0.25) is 9.59 Å². The number of amides is 1. The number of hydrogen-bond acceptors (Lipinski definition) is 3. The Kier molecular flexibility index (Phi) is 5.85. The van der Waals surface area contributed by atoms with Crippen LogP contribution in [0.25, 0.3) is 0 Å². The fourth-order valence-corrected chi connectivity index (χ4v) is 3.30. The number of rotatable bonds is 4. The molecule has 3 nitrogen and oxygen atoms in total. The lowest BCUT2D eigenvalue weighted by Gasteiger charge is -2.29. The molecular formula is C17H23NO2S. The summed E-state index contributed by atoms with van der Waals surface area (Å²) in [7, 11) is 0. The summed E-state index contributed by atoms with van der Waals surface area (Å²) in [5, 5.41) is 0. The van der Waals surface area contributed by atoms with Crippen molar-refractivity contribution in [2.75, 3.05) is 12.8 Å². The maximum atomic E-state index is 12.8. The summed E-state index contributed by atoms with van der Waals surface area (Å²) < 4.78 is 0. The van der Waals surface area contributed by atoms with Crippen LogP contribution in [0.1, 0.15) is 49.4 Å². The molecule has 1 fully saturated rings. The summed E-state index contributed by atoms with van der Waals surface area (Å²) in [4.78, 5) is 27.3. The van der Waals surface area contributed by atoms with E-state index < -0.39 is 0 Å². The van der Waals surface area contributed by atoms with Gasteiger partial charge in [0.1, 0.15) is 5.78 Å². The standard InChI is InChI=1S/C17H23NO2S/c1-13(19)12-15-6-4-3-5-11-18(15)17(20)14-7-9-16(21-2)10-8-14/h7-10,15H,3-6,11-12H2,1-2H3. The quantitative estimate of drug-likeness (QED) is 0.795. The normalized spacial score (nSPS) is 19.1. The molecule has 0 spiro atoms. The molecule has 21 heavy (non-hydrogen) atoms. The zero-order valence-corrected chi connectivity index (χ0v) is 13.6. The molecule has 0 aliphatic carbocycles. The Bertz CT molecular complexity index is 498. The number of hydrogen-bond donors (Lipinski definition) is 0. The second-order valence-corrected chi connectivity index (χ2v) is 6.52. The molecule has 1 aromatic carbocycles. The Hall–Kier alpha value is -1.29. The molecule has 1 atom stereocenters. The van der Waals surface area contributed by atoms with Crippen LogP contribution in [-0.4, -0.2) is 35.4 Å². The molecule has 114 valence electrons. The molecule has 0 N–H and O–H groups in total. The molecule has 1 amide bonds. The molecule has 0 aromatic heterocycles. The predicted octanol–water partition coefficient (Wildman–Crippen LogP) is 3.77. The number of nitrogens with zero attached hydrogens (tertiary/aromatic N) is 1. The first kappa shape index (κ1) is 16.1. The summed E-state index contributed by atoms with van der Waals surface area (Å²) in [6.45, 7) is 2.38. The molecule has 0 bridgehead atoms. The van der Waals surface area contributed by atoms with Gasteiger partial charge in [-0.05, 0) is 50.3 Å². The van der Waals surface area contributed by atoms with Gasteiger partial charge in [-0.15, -0.1) is 11.8 Å². The first-order valence-electron chi connectivity index (χ1n) is 7.56. The molecule has 1 saturated heterocycles. The fraction of sp³-hybridized carbons (Fsp3) is 0.529. The van der Waals surface area contributed by atoms with E-state index in [2.05, 4.69) is 0 Å². The van der Waals surface area contributed by atoms with Crippen LogP contribution in [0.5, 0.6) is 0 Å². The average Bonchev–Trinajstić information content (AvgIpc) is 2.71. The summed E-state index contributed by atoms with van der Waals surface area (Å²) in [5.74, 6) is 0.230. The third-order valence-corrected chi connectivity index (χ3v) is 4.74. The van der Waals surface area contributed by atoms with E-state index in [0.29, 0.717) is 6.42 Å². The Labute approximate surface area is 131 Å². The van der Waals surface area contributed by atoms with Crippen molar-refractivity contribution in [3.8, 4) is 0 Å². The van der Waals surface area contributed by atoms with Crippen molar-refractivity contribution < 1.29 is 9.59 Å². The Morgan fingerprint density at radius 2 is 1.90 bits per heavy atom. The van der Waals surface area contributed by atoms with E-state index in [9.17, 15) is 9.59 Å². The van der Waals surface area contributed by atoms with Crippen LogP contribution < -0.4 is 0 Å². The highest BCUT2D eigenvalue weighted by Crippen LogP contribution is 2.23. The Balaban J connectivity index is 2.17. The summed E-state index contributed by atoms with van der Waals surface area (Å²) in [6.07, 6.45) is 6.72. The molecule has 1 aliphatic rings. The van der Waals surface area contributed by atoms with E-state index in [1.807, 2.05) is 35.4 Å². The summed E-state index contributed by atoms with van der Waals surface area (Å²) in [6, 6.07) is 7.82. The lowest BCUT2D eigenvalue weighted by atomic mass is 10.0. The third kappa shape index (κ3) is 4.34. The maximum absolute atomic E-state index is 12.8. The van der Waals surface area contributed by atoms with Crippen LogP contribution >= 0.6 is 11.8 Å². The molecule has 1 aromatic rings. The summed E-state index contributed by atoms with van der Waals surface area (Å²) >= 11 is 1.67. The highest BCUT2D eigenvalue weighted by Gasteiger charge is 2.27. The predicted molar refractivity (Wildman–Crippen MR) is 86.8 cm³/mol. The van der Waals surface area contributed by atoms with Gasteiger partial charge < -0.3 is 4.90 Å². The summed E-state index contributed by atoms with van der Waals surface area (Å²) in [5.41, 5.74) is 0.725. The first-order chi connectivity index (χ1) is 10.1. The van der Waals surface area contributed by atoms with Crippen molar-refractivity contribution >= 4 is 23.5 Å². The second kappa shape index (κ2) is 7.64. The van der Waals surface area contributed by atoms with Crippen LogP contribution in [-0.2, 0) is 4.79 Å². The van der Waals surface area contributed by atoms with E-state index in [1.165, 1.54) is 0 Å². The lowest BCUT2D eigenvalue weighted by Crippen LogP contribution is -2.41. The number of carbonyl (C=O) groups is 2. The van der Waals surface area contributed by atoms with Crippen molar-refractivity contribution in [1.29, 1.82) is 0 Å². The van der Waals surface area contributed by atoms with Crippen molar-refractivity contribution in [1.82, 2.24) is 4.90 Å². The van der Waals surface area contributed by atoms with E-state index in [0.717, 1.165) is 42.7 Å². The van der Waals surface area contributed by atoms with Crippen molar-refractivity contribution in [3.63, 3.8) is 0 Å². The van der Waals surface area contributed by atoms with Crippen LogP contribution in [0.2, 0.25) is 0 Å².